The fourth-order valence-electron chi connectivity index (χ4n) is 1.59. The average molecular weight is 286 g/mol. The summed E-state index contributed by atoms with van der Waals surface area (Å²) in [4.78, 5) is 0. The van der Waals surface area contributed by atoms with Crippen molar-refractivity contribution in [3.8, 4) is 0 Å². The molecule has 90 valence electrons. The molecule has 0 aliphatic carbocycles. The first-order chi connectivity index (χ1) is 7.76. The van der Waals surface area contributed by atoms with Gasteiger partial charge in [-0.05, 0) is 31.2 Å². The van der Waals surface area contributed by atoms with Crippen molar-refractivity contribution in [2.24, 2.45) is 0 Å². The van der Waals surface area contributed by atoms with Gasteiger partial charge in [-0.15, -0.1) is 0 Å². The molecule has 3 heteroatoms. The Balaban J connectivity index is 2.38. The highest BCUT2D eigenvalue weighted by Crippen LogP contribution is 2.12. The van der Waals surface area contributed by atoms with Crippen molar-refractivity contribution in [2.45, 2.75) is 32.5 Å². The van der Waals surface area contributed by atoms with E-state index in [0.717, 1.165) is 23.9 Å². The molecular formula is C13H20BrNO. The van der Waals surface area contributed by atoms with Crippen molar-refractivity contribution in [1.82, 2.24) is 5.32 Å². The topological polar surface area (TPSA) is 21.3 Å². The molecule has 0 fully saturated rings. The van der Waals surface area contributed by atoms with Gasteiger partial charge in [-0.2, -0.15) is 0 Å². The highest BCUT2D eigenvalue weighted by atomic mass is 79.9. The first-order valence-electron chi connectivity index (χ1n) is 5.77. The molecule has 1 aromatic rings. The summed E-state index contributed by atoms with van der Waals surface area (Å²) < 4.78 is 6.98. The lowest BCUT2D eigenvalue weighted by Gasteiger charge is -2.16. The van der Waals surface area contributed by atoms with Crippen LogP contribution in [-0.2, 0) is 11.3 Å². The van der Waals surface area contributed by atoms with E-state index in [1.165, 1.54) is 5.56 Å². The number of likely N-dealkylation sites (N-methyl/N-ethyl adjacent to an activating group) is 1. The summed E-state index contributed by atoms with van der Waals surface area (Å²) in [6.45, 7) is 3.80. The van der Waals surface area contributed by atoms with Gasteiger partial charge in [-0.25, -0.2) is 0 Å². The summed E-state index contributed by atoms with van der Waals surface area (Å²) in [5.74, 6) is 0. The number of hydrogen-bond donors (Lipinski definition) is 1. The molecule has 1 rings (SSSR count). The van der Waals surface area contributed by atoms with Gasteiger partial charge in [0.2, 0.25) is 0 Å². The normalized spacial score (nSPS) is 12.7. The van der Waals surface area contributed by atoms with Crippen LogP contribution < -0.4 is 5.32 Å². The SMILES string of the molecule is CCCC(CNC)OCc1ccc(Br)cc1. The van der Waals surface area contributed by atoms with E-state index < -0.39 is 0 Å². The summed E-state index contributed by atoms with van der Waals surface area (Å²) >= 11 is 3.42. The van der Waals surface area contributed by atoms with Crippen molar-refractivity contribution in [2.75, 3.05) is 13.6 Å². The molecule has 1 aromatic carbocycles. The van der Waals surface area contributed by atoms with Gasteiger partial charge < -0.3 is 10.1 Å². The molecule has 0 saturated carbocycles. The molecule has 0 amide bonds. The molecule has 1 N–H and O–H groups in total. The zero-order chi connectivity index (χ0) is 11.8. The van der Waals surface area contributed by atoms with Crippen LogP contribution in [0.2, 0.25) is 0 Å². The minimum absolute atomic E-state index is 0.318. The first kappa shape index (κ1) is 13.7. The fourth-order valence-corrected chi connectivity index (χ4v) is 1.85. The molecule has 0 aliphatic rings. The molecule has 0 bridgehead atoms. The Kier molecular flexibility index (Phi) is 6.69. The third-order valence-electron chi connectivity index (χ3n) is 2.44. The van der Waals surface area contributed by atoms with Crippen LogP contribution in [0.5, 0.6) is 0 Å². The van der Waals surface area contributed by atoms with E-state index in [1.807, 2.05) is 19.2 Å². The minimum atomic E-state index is 0.318. The Morgan fingerprint density at radius 1 is 1.31 bits per heavy atom. The van der Waals surface area contributed by atoms with Gasteiger partial charge in [0.1, 0.15) is 0 Å². The highest BCUT2D eigenvalue weighted by Gasteiger charge is 2.06. The van der Waals surface area contributed by atoms with Crippen LogP contribution in [0.1, 0.15) is 25.3 Å². The van der Waals surface area contributed by atoms with E-state index in [2.05, 4.69) is 40.3 Å². The van der Waals surface area contributed by atoms with Crippen LogP contribution in [0, 0.1) is 0 Å². The Bertz CT molecular complexity index is 280. The third-order valence-corrected chi connectivity index (χ3v) is 2.97. The monoisotopic (exact) mass is 285 g/mol. The molecule has 0 aromatic heterocycles. The lowest BCUT2D eigenvalue weighted by molar-refractivity contribution is 0.0360. The molecule has 1 atom stereocenters. The van der Waals surface area contributed by atoms with Gasteiger partial charge in [0, 0.05) is 11.0 Å². The lowest BCUT2D eigenvalue weighted by atomic mass is 10.2. The van der Waals surface area contributed by atoms with Crippen molar-refractivity contribution < 1.29 is 4.74 Å². The lowest BCUT2D eigenvalue weighted by Crippen LogP contribution is -2.26. The largest absolute Gasteiger partial charge is 0.372 e. The van der Waals surface area contributed by atoms with Gasteiger partial charge >= 0.3 is 0 Å². The Morgan fingerprint density at radius 2 is 2.00 bits per heavy atom. The van der Waals surface area contributed by atoms with Crippen LogP contribution in [0.4, 0.5) is 0 Å². The standard InChI is InChI=1S/C13H20BrNO/c1-3-4-13(9-15-2)16-10-11-5-7-12(14)8-6-11/h5-8,13,15H,3-4,9-10H2,1-2H3. The van der Waals surface area contributed by atoms with E-state index in [4.69, 9.17) is 4.74 Å². The Hall–Kier alpha value is -0.380. The maximum absolute atomic E-state index is 5.87. The van der Waals surface area contributed by atoms with Crippen molar-refractivity contribution in [3.63, 3.8) is 0 Å². The van der Waals surface area contributed by atoms with Crippen molar-refractivity contribution in [3.05, 3.63) is 34.3 Å². The second-order valence-corrected chi connectivity index (χ2v) is 4.82. The highest BCUT2D eigenvalue weighted by molar-refractivity contribution is 9.10. The summed E-state index contributed by atoms with van der Waals surface area (Å²) in [5, 5.41) is 3.17. The number of halogens is 1. The maximum Gasteiger partial charge on any atom is 0.0721 e. The van der Waals surface area contributed by atoms with Crippen LogP contribution >= 0.6 is 15.9 Å². The van der Waals surface area contributed by atoms with E-state index in [-0.39, 0.29) is 0 Å². The summed E-state index contributed by atoms with van der Waals surface area (Å²) in [6, 6.07) is 8.27. The summed E-state index contributed by atoms with van der Waals surface area (Å²) in [5.41, 5.74) is 1.22. The fraction of sp³-hybridized carbons (Fsp3) is 0.538. The van der Waals surface area contributed by atoms with E-state index in [9.17, 15) is 0 Å². The Labute approximate surface area is 107 Å². The molecule has 2 nitrogen and oxygen atoms in total. The second kappa shape index (κ2) is 7.82. The van der Waals surface area contributed by atoms with Gasteiger partial charge in [0.15, 0.2) is 0 Å². The number of hydrogen-bond acceptors (Lipinski definition) is 2. The first-order valence-corrected chi connectivity index (χ1v) is 6.56. The van der Waals surface area contributed by atoms with E-state index in [1.54, 1.807) is 0 Å². The van der Waals surface area contributed by atoms with Gasteiger partial charge in [-0.3, -0.25) is 0 Å². The van der Waals surface area contributed by atoms with Gasteiger partial charge in [0.05, 0.1) is 12.7 Å². The van der Waals surface area contributed by atoms with E-state index in [0.29, 0.717) is 12.7 Å². The number of ether oxygens (including phenoxy) is 1. The third kappa shape index (κ3) is 5.10. The smallest absolute Gasteiger partial charge is 0.0721 e. The van der Waals surface area contributed by atoms with Crippen molar-refractivity contribution >= 4 is 15.9 Å². The molecule has 16 heavy (non-hydrogen) atoms. The minimum Gasteiger partial charge on any atom is -0.372 e. The molecular weight excluding hydrogens is 266 g/mol. The molecule has 0 heterocycles. The van der Waals surface area contributed by atoms with Gasteiger partial charge in [0.25, 0.3) is 0 Å². The molecule has 0 saturated heterocycles. The second-order valence-electron chi connectivity index (χ2n) is 3.91. The van der Waals surface area contributed by atoms with Crippen molar-refractivity contribution in [1.29, 1.82) is 0 Å². The van der Waals surface area contributed by atoms with Crippen LogP contribution in [0.25, 0.3) is 0 Å². The Morgan fingerprint density at radius 3 is 2.56 bits per heavy atom. The number of benzene rings is 1. The zero-order valence-corrected chi connectivity index (χ0v) is 11.6. The summed E-state index contributed by atoms with van der Waals surface area (Å²) in [7, 11) is 1.96. The molecule has 0 spiro atoms. The number of nitrogens with one attached hydrogen (secondary N) is 1. The van der Waals surface area contributed by atoms with Crippen LogP contribution in [-0.4, -0.2) is 19.7 Å². The average Bonchev–Trinajstić information content (AvgIpc) is 2.29. The van der Waals surface area contributed by atoms with Crippen LogP contribution in [0.3, 0.4) is 0 Å². The quantitative estimate of drug-likeness (QED) is 0.830. The molecule has 1 unspecified atom stereocenters. The molecule has 0 radical (unpaired) electrons. The molecule has 0 aliphatic heterocycles. The predicted molar refractivity (Wildman–Crippen MR) is 71.6 cm³/mol. The maximum atomic E-state index is 5.87. The van der Waals surface area contributed by atoms with Crippen LogP contribution in [0.15, 0.2) is 28.7 Å². The summed E-state index contributed by atoms with van der Waals surface area (Å²) in [6.07, 6.45) is 2.59. The zero-order valence-electron chi connectivity index (χ0n) is 10.0. The van der Waals surface area contributed by atoms with Gasteiger partial charge in [-0.1, -0.05) is 41.4 Å². The van der Waals surface area contributed by atoms with E-state index >= 15 is 0 Å². The number of rotatable bonds is 7. The predicted octanol–water partition coefficient (Wildman–Crippen LogP) is 3.35.